The fourth-order valence-corrected chi connectivity index (χ4v) is 3.34. The minimum Gasteiger partial charge on any atom is -0.485 e. The van der Waals surface area contributed by atoms with Crippen molar-refractivity contribution in [2.45, 2.75) is 13.5 Å². The number of hydrogen-bond donors (Lipinski definition) is 1. The van der Waals surface area contributed by atoms with Crippen molar-refractivity contribution >= 4 is 17.3 Å². The first-order valence-electron chi connectivity index (χ1n) is 9.94. The van der Waals surface area contributed by atoms with E-state index in [9.17, 15) is 4.79 Å². The number of hydrogen-bond acceptors (Lipinski definition) is 7. The summed E-state index contributed by atoms with van der Waals surface area (Å²) < 4.78 is 10.7. The van der Waals surface area contributed by atoms with E-state index < -0.39 is 0 Å². The summed E-state index contributed by atoms with van der Waals surface area (Å²) in [6.45, 7) is 5.96. The molecular formula is C22H25N5O3. The van der Waals surface area contributed by atoms with Crippen LogP contribution in [0.5, 0.6) is 5.75 Å². The molecule has 2 aromatic carbocycles. The van der Waals surface area contributed by atoms with Gasteiger partial charge in [-0.3, -0.25) is 4.79 Å². The van der Waals surface area contributed by atoms with Crippen LogP contribution in [0.1, 0.15) is 22.1 Å². The zero-order chi connectivity index (χ0) is 20.9. The molecule has 1 aliphatic heterocycles. The van der Waals surface area contributed by atoms with Gasteiger partial charge >= 0.3 is 0 Å². The van der Waals surface area contributed by atoms with Crippen LogP contribution >= 0.6 is 0 Å². The van der Waals surface area contributed by atoms with E-state index in [2.05, 4.69) is 32.3 Å². The maximum Gasteiger partial charge on any atom is 0.259 e. The standard InChI is InChI=1S/C22H25N5O3/c1-16-23-21(25-30-16)15-29-20-6-4-3-5-19(20)22(28)24-17-7-9-18(10-8-17)27-13-11-26(2)12-14-27/h3-10H,11-15H2,1-2H3,(H,24,28). The Kier molecular flexibility index (Phi) is 5.94. The summed E-state index contributed by atoms with van der Waals surface area (Å²) in [6, 6.07) is 15.0. The summed E-state index contributed by atoms with van der Waals surface area (Å²) in [5.74, 6) is 1.13. The van der Waals surface area contributed by atoms with Crippen molar-refractivity contribution in [3.05, 3.63) is 65.8 Å². The highest BCUT2D eigenvalue weighted by atomic mass is 16.5. The Balaban J connectivity index is 1.40. The summed E-state index contributed by atoms with van der Waals surface area (Å²) in [5.41, 5.74) is 2.35. The molecule has 1 amide bonds. The molecule has 0 bridgehead atoms. The predicted octanol–water partition coefficient (Wildman–Crippen LogP) is 2.96. The lowest BCUT2D eigenvalue weighted by Crippen LogP contribution is -2.44. The number of para-hydroxylation sites is 1. The van der Waals surface area contributed by atoms with E-state index in [1.54, 1.807) is 25.1 Å². The van der Waals surface area contributed by atoms with Crippen LogP contribution in [-0.4, -0.2) is 54.2 Å². The molecule has 0 unspecified atom stereocenters. The van der Waals surface area contributed by atoms with Crippen molar-refractivity contribution in [2.75, 3.05) is 43.4 Å². The first kappa shape index (κ1) is 19.9. The summed E-state index contributed by atoms with van der Waals surface area (Å²) in [6.07, 6.45) is 0. The van der Waals surface area contributed by atoms with E-state index in [4.69, 9.17) is 9.26 Å². The van der Waals surface area contributed by atoms with Crippen LogP contribution in [0.2, 0.25) is 0 Å². The Morgan fingerprint density at radius 3 is 2.53 bits per heavy atom. The first-order chi connectivity index (χ1) is 14.6. The number of likely N-dealkylation sites (N-methyl/N-ethyl adjacent to an activating group) is 1. The number of aryl methyl sites for hydroxylation is 1. The van der Waals surface area contributed by atoms with E-state index in [-0.39, 0.29) is 12.5 Å². The molecule has 8 nitrogen and oxygen atoms in total. The molecule has 0 saturated carbocycles. The second-order valence-electron chi connectivity index (χ2n) is 7.31. The van der Waals surface area contributed by atoms with Gasteiger partial charge in [-0.25, -0.2) is 0 Å². The third kappa shape index (κ3) is 4.77. The molecule has 0 aliphatic carbocycles. The lowest BCUT2D eigenvalue weighted by atomic mass is 10.1. The number of rotatable bonds is 6. The van der Waals surface area contributed by atoms with Gasteiger partial charge in [-0.15, -0.1) is 0 Å². The average Bonchev–Trinajstić information content (AvgIpc) is 3.19. The maximum absolute atomic E-state index is 12.8. The van der Waals surface area contributed by atoms with E-state index in [1.807, 2.05) is 30.3 Å². The van der Waals surface area contributed by atoms with Crippen LogP contribution in [0.25, 0.3) is 0 Å². The van der Waals surface area contributed by atoms with Gasteiger partial charge in [0.2, 0.25) is 11.7 Å². The number of piperazine rings is 1. The van der Waals surface area contributed by atoms with Gasteiger partial charge in [0, 0.05) is 44.5 Å². The molecular weight excluding hydrogens is 382 g/mol. The predicted molar refractivity (Wildman–Crippen MR) is 114 cm³/mol. The molecule has 1 aromatic heterocycles. The number of amides is 1. The molecule has 4 rings (SSSR count). The van der Waals surface area contributed by atoms with E-state index >= 15 is 0 Å². The average molecular weight is 407 g/mol. The van der Waals surface area contributed by atoms with Gasteiger partial charge in [0.15, 0.2) is 6.61 Å². The highest BCUT2D eigenvalue weighted by molar-refractivity contribution is 6.06. The molecule has 1 aliphatic rings. The third-order valence-electron chi connectivity index (χ3n) is 5.05. The summed E-state index contributed by atoms with van der Waals surface area (Å²) in [7, 11) is 2.14. The molecule has 0 radical (unpaired) electrons. The van der Waals surface area contributed by atoms with Crippen LogP contribution < -0.4 is 15.0 Å². The zero-order valence-electron chi connectivity index (χ0n) is 17.2. The van der Waals surface area contributed by atoms with E-state index in [0.717, 1.165) is 31.9 Å². The number of ether oxygens (including phenoxy) is 1. The molecule has 1 N–H and O–H groups in total. The Labute approximate surface area is 175 Å². The van der Waals surface area contributed by atoms with Crippen molar-refractivity contribution in [1.82, 2.24) is 15.0 Å². The van der Waals surface area contributed by atoms with Crippen molar-refractivity contribution < 1.29 is 14.1 Å². The normalized spacial score (nSPS) is 14.5. The van der Waals surface area contributed by atoms with Crippen molar-refractivity contribution in [3.63, 3.8) is 0 Å². The molecule has 8 heteroatoms. The van der Waals surface area contributed by atoms with Crippen LogP contribution in [0.3, 0.4) is 0 Å². The molecule has 0 atom stereocenters. The molecule has 30 heavy (non-hydrogen) atoms. The Morgan fingerprint density at radius 1 is 1.10 bits per heavy atom. The second kappa shape index (κ2) is 8.96. The Hall–Kier alpha value is -3.39. The number of nitrogens with zero attached hydrogens (tertiary/aromatic N) is 4. The fourth-order valence-electron chi connectivity index (χ4n) is 3.34. The van der Waals surface area contributed by atoms with Crippen LogP contribution in [0, 0.1) is 6.92 Å². The smallest absolute Gasteiger partial charge is 0.259 e. The molecule has 1 saturated heterocycles. The monoisotopic (exact) mass is 407 g/mol. The van der Waals surface area contributed by atoms with Crippen LogP contribution in [0.15, 0.2) is 53.1 Å². The van der Waals surface area contributed by atoms with Crippen LogP contribution in [0.4, 0.5) is 11.4 Å². The number of carbonyl (C=O) groups is 1. The first-order valence-corrected chi connectivity index (χ1v) is 9.94. The van der Waals surface area contributed by atoms with Gasteiger partial charge in [-0.05, 0) is 43.4 Å². The lowest BCUT2D eigenvalue weighted by molar-refractivity contribution is 0.102. The van der Waals surface area contributed by atoms with Gasteiger partial charge in [0.1, 0.15) is 5.75 Å². The Morgan fingerprint density at radius 2 is 1.83 bits per heavy atom. The summed E-state index contributed by atoms with van der Waals surface area (Å²) >= 11 is 0. The van der Waals surface area contributed by atoms with Crippen molar-refractivity contribution in [3.8, 4) is 5.75 Å². The van der Waals surface area contributed by atoms with E-state index in [1.165, 1.54) is 5.69 Å². The minimum absolute atomic E-state index is 0.126. The van der Waals surface area contributed by atoms with E-state index in [0.29, 0.717) is 23.0 Å². The van der Waals surface area contributed by atoms with Gasteiger partial charge in [0.05, 0.1) is 5.56 Å². The minimum atomic E-state index is -0.234. The largest absolute Gasteiger partial charge is 0.485 e. The SMILES string of the molecule is Cc1nc(COc2ccccc2C(=O)Nc2ccc(N3CCN(C)CC3)cc2)no1. The van der Waals surface area contributed by atoms with Gasteiger partial charge in [-0.1, -0.05) is 17.3 Å². The maximum atomic E-state index is 12.8. The Bertz CT molecular complexity index is 994. The van der Waals surface area contributed by atoms with Crippen molar-refractivity contribution in [1.29, 1.82) is 0 Å². The number of benzene rings is 2. The second-order valence-corrected chi connectivity index (χ2v) is 7.31. The topological polar surface area (TPSA) is 83.7 Å². The highest BCUT2D eigenvalue weighted by Gasteiger charge is 2.16. The molecule has 3 aromatic rings. The zero-order valence-corrected chi connectivity index (χ0v) is 17.2. The number of anilines is 2. The summed E-state index contributed by atoms with van der Waals surface area (Å²) in [4.78, 5) is 21.6. The highest BCUT2D eigenvalue weighted by Crippen LogP contribution is 2.23. The van der Waals surface area contributed by atoms with Gasteiger partial charge in [-0.2, -0.15) is 4.98 Å². The quantitative estimate of drug-likeness (QED) is 0.672. The molecule has 0 spiro atoms. The molecule has 2 heterocycles. The third-order valence-corrected chi connectivity index (χ3v) is 5.05. The summed E-state index contributed by atoms with van der Waals surface area (Å²) in [5, 5.41) is 6.75. The van der Waals surface area contributed by atoms with Crippen molar-refractivity contribution in [2.24, 2.45) is 0 Å². The van der Waals surface area contributed by atoms with Crippen LogP contribution in [-0.2, 0) is 6.61 Å². The van der Waals surface area contributed by atoms with Gasteiger partial charge < -0.3 is 24.4 Å². The number of aromatic nitrogens is 2. The fraction of sp³-hybridized carbons (Fsp3) is 0.318. The number of nitrogens with one attached hydrogen (secondary N) is 1. The molecule has 156 valence electrons. The number of carbonyl (C=O) groups excluding carboxylic acids is 1. The van der Waals surface area contributed by atoms with Gasteiger partial charge in [0.25, 0.3) is 5.91 Å². The molecule has 1 fully saturated rings. The lowest BCUT2D eigenvalue weighted by Gasteiger charge is -2.34.